The molecule has 0 aliphatic heterocycles. The number of fused-ring (bicyclic) bond motifs is 4. The van der Waals surface area contributed by atoms with Crippen LogP contribution in [0.3, 0.4) is 0 Å². The van der Waals surface area contributed by atoms with Gasteiger partial charge >= 0.3 is 0 Å². The number of hydrogen-bond acceptors (Lipinski definition) is 5. The van der Waals surface area contributed by atoms with E-state index >= 15 is 0 Å². The molecule has 0 saturated heterocycles. The van der Waals surface area contributed by atoms with Crippen molar-refractivity contribution in [1.29, 1.82) is 0 Å². The van der Waals surface area contributed by atoms with E-state index in [1.807, 2.05) is 71.5 Å². The van der Waals surface area contributed by atoms with Crippen molar-refractivity contribution in [2.45, 2.75) is 53.0 Å². The molecule has 7 heteroatoms. The van der Waals surface area contributed by atoms with Crippen LogP contribution in [-0.2, 0) is 13.0 Å². The Labute approximate surface area is 198 Å². The Morgan fingerprint density at radius 2 is 1.59 bits per heavy atom. The van der Waals surface area contributed by atoms with Crippen LogP contribution in [0.4, 0.5) is 0 Å². The second-order valence-corrected chi connectivity index (χ2v) is 8.39. The Morgan fingerprint density at radius 3 is 2.26 bits per heavy atom. The van der Waals surface area contributed by atoms with Crippen LogP contribution in [0.2, 0.25) is 0 Å². The molecule has 0 saturated carbocycles. The highest BCUT2D eigenvalue weighted by Crippen LogP contribution is 2.29. The maximum absolute atomic E-state index is 13.9. The first-order valence-corrected chi connectivity index (χ1v) is 12.1. The third-order valence-corrected chi connectivity index (χ3v) is 6.15. The zero-order valence-electron chi connectivity index (χ0n) is 19.9. The van der Waals surface area contributed by atoms with Crippen molar-refractivity contribution in [3.05, 3.63) is 64.7 Å². The van der Waals surface area contributed by atoms with Gasteiger partial charge in [-0.15, -0.1) is 0 Å². The number of benzene rings is 2. The van der Waals surface area contributed by atoms with E-state index in [0.717, 1.165) is 47.6 Å². The number of para-hydroxylation sites is 2. The molecule has 0 spiro atoms. The molecule has 174 valence electrons. The van der Waals surface area contributed by atoms with Gasteiger partial charge in [-0.3, -0.25) is 13.9 Å². The molecule has 0 radical (unpaired) electrons. The molecule has 0 bridgehead atoms. The molecule has 0 aliphatic carbocycles. The van der Waals surface area contributed by atoms with Crippen molar-refractivity contribution < 1.29 is 4.74 Å². The second kappa shape index (κ2) is 9.25. The van der Waals surface area contributed by atoms with Crippen LogP contribution in [0.25, 0.3) is 38.9 Å². The molecule has 5 aromatic rings. The molecule has 0 fully saturated rings. The third-order valence-electron chi connectivity index (χ3n) is 6.15. The first-order valence-electron chi connectivity index (χ1n) is 12.1. The number of unbranched alkanes of at least 4 members (excludes halogenated alkanes) is 2. The highest BCUT2D eigenvalue weighted by Gasteiger charge is 2.22. The molecule has 0 N–H and O–H groups in total. The van der Waals surface area contributed by atoms with E-state index in [-0.39, 0.29) is 5.56 Å². The highest BCUT2D eigenvalue weighted by molar-refractivity contribution is 6.05. The average molecular weight is 456 g/mol. The van der Waals surface area contributed by atoms with Gasteiger partial charge in [-0.2, -0.15) is 0 Å². The molecular formula is C27H29N5O2. The quantitative estimate of drug-likeness (QED) is 0.292. The van der Waals surface area contributed by atoms with E-state index < -0.39 is 0 Å². The van der Waals surface area contributed by atoms with Gasteiger partial charge in [0.25, 0.3) is 5.56 Å². The monoisotopic (exact) mass is 455 g/mol. The summed E-state index contributed by atoms with van der Waals surface area (Å²) in [6, 6.07) is 15.5. The topological polar surface area (TPSA) is 74.8 Å². The number of hydrogen-bond donors (Lipinski definition) is 0. The summed E-state index contributed by atoms with van der Waals surface area (Å²) < 4.78 is 9.41. The summed E-state index contributed by atoms with van der Waals surface area (Å²) in [5.41, 5.74) is 4.19. The van der Waals surface area contributed by atoms with Crippen LogP contribution in [-0.4, -0.2) is 30.7 Å². The molecule has 5 rings (SSSR count). The van der Waals surface area contributed by atoms with Crippen molar-refractivity contribution >= 4 is 33.2 Å². The van der Waals surface area contributed by atoms with Crippen LogP contribution < -0.4 is 10.3 Å². The van der Waals surface area contributed by atoms with Gasteiger partial charge in [-0.1, -0.05) is 38.8 Å². The minimum absolute atomic E-state index is 0.0442. The maximum atomic E-state index is 13.9. The fraction of sp³-hybridized carbons (Fsp3) is 0.333. The Kier molecular flexibility index (Phi) is 6.01. The molecule has 3 heterocycles. The number of aromatic nitrogens is 5. The van der Waals surface area contributed by atoms with Crippen LogP contribution in [0, 0.1) is 0 Å². The SMILES string of the molecule is CCCCCn1c(CC)nc2c(c1=O)c1nc3ccccc3nc1n2-c1ccc(OCC)cc1. The lowest BCUT2D eigenvalue weighted by molar-refractivity contribution is 0.340. The Bertz CT molecular complexity index is 1530. The van der Waals surface area contributed by atoms with Crippen LogP contribution in [0.5, 0.6) is 5.75 Å². The molecule has 0 aliphatic rings. The zero-order valence-corrected chi connectivity index (χ0v) is 19.9. The summed E-state index contributed by atoms with van der Waals surface area (Å²) in [7, 11) is 0. The minimum atomic E-state index is -0.0442. The van der Waals surface area contributed by atoms with Gasteiger partial charge in [-0.05, 0) is 49.7 Å². The van der Waals surface area contributed by atoms with Crippen molar-refractivity contribution in [3.8, 4) is 11.4 Å². The Hall–Kier alpha value is -3.74. The fourth-order valence-corrected chi connectivity index (χ4v) is 4.49. The average Bonchev–Trinajstić information content (AvgIpc) is 3.17. The van der Waals surface area contributed by atoms with Gasteiger partial charge in [0.05, 0.1) is 17.6 Å². The standard InChI is InChI=1S/C27H29N5O2/c1-4-7-10-17-31-22(5-2)30-25-23(27(31)33)24-26(29-21-12-9-8-11-20(21)28-24)32(25)18-13-15-19(16-14-18)34-6-3/h8-9,11-16H,4-7,10,17H2,1-3H3. The predicted molar refractivity (Wildman–Crippen MR) is 136 cm³/mol. The van der Waals surface area contributed by atoms with Crippen molar-refractivity contribution in [3.63, 3.8) is 0 Å². The number of rotatable bonds is 8. The molecule has 7 nitrogen and oxygen atoms in total. The lowest BCUT2D eigenvalue weighted by Crippen LogP contribution is -2.25. The molecule has 3 aromatic heterocycles. The van der Waals surface area contributed by atoms with E-state index in [1.165, 1.54) is 0 Å². The number of ether oxygens (including phenoxy) is 1. The fourth-order valence-electron chi connectivity index (χ4n) is 4.49. The Balaban J connectivity index is 1.85. The Morgan fingerprint density at radius 1 is 0.853 bits per heavy atom. The maximum Gasteiger partial charge on any atom is 0.265 e. The first kappa shape index (κ1) is 22.1. The lowest BCUT2D eigenvalue weighted by Gasteiger charge is -2.12. The summed E-state index contributed by atoms with van der Waals surface area (Å²) in [6.45, 7) is 7.43. The summed E-state index contributed by atoms with van der Waals surface area (Å²) in [5.74, 6) is 1.58. The van der Waals surface area contributed by atoms with Crippen molar-refractivity contribution in [2.75, 3.05) is 6.61 Å². The molecule has 0 unspecified atom stereocenters. The van der Waals surface area contributed by atoms with Gasteiger partial charge in [0.15, 0.2) is 11.3 Å². The number of aryl methyl sites for hydroxylation is 1. The molecule has 0 amide bonds. The number of nitrogens with zero attached hydrogens (tertiary/aromatic N) is 5. The van der Waals surface area contributed by atoms with Crippen molar-refractivity contribution in [1.82, 2.24) is 24.1 Å². The third kappa shape index (κ3) is 3.71. The minimum Gasteiger partial charge on any atom is -0.494 e. The highest BCUT2D eigenvalue weighted by atomic mass is 16.5. The lowest BCUT2D eigenvalue weighted by atomic mass is 10.2. The first-order chi connectivity index (χ1) is 16.7. The van der Waals surface area contributed by atoms with Gasteiger partial charge in [0, 0.05) is 18.7 Å². The molecular weight excluding hydrogens is 426 g/mol. The molecule has 2 aromatic carbocycles. The van der Waals surface area contributed by atoms with Crippen LogP contribution in [0.15, 0.2) is 53.3 Å². The van der Waals surface area contributed by atoms with Gasteiger partial charge < -0.3 is 4.74 Å². The van der Waals surface area contributed by atoms with Crippen molar-refractivity contribution in [2.24, 2.45) is 0 Å². The largest absolute Gasteiger partial charge is 0.494 e. The van der Waals surface area contributed by atoms with E-state index in [1.54, 1.807) is 0 Å². The molecule has 0 atom stereocenters. The predicted octanol–water partition coefficient (Wildman–Crippen LogP) is 5.43. The summed E-state index contributed by atoms with van der Waals surface area (Å²) in [4.78, 5) is 28.7. The van der Waals surface area contributed by atoms with Crippen LogP contribution >= 0.6 is 0 Å². The van der Waals surface area contributed by atoms with E-state index in [0.29, 0.717) is 41.8 Å². The smallest absolute Gasteiger partial charge is 0.265 e. The van der Waals surface area contributed by atoms with Crippen LogP contribution in [0.1, 0.15) is 45.9 Å². The van der Waals surface area contributed by atoms with Gasteiger partial charge in [0.2, 0.25) is 0 Å². The summed E-state index contributed by atoms with van der Waals surface area (Å²) in [5, 5.41) is 0.524. The van der Waals surface area contributed by atoms with E-state index in [2.05, 4.69) is 6.92 Å². The summed E-state index contributed by atoms with van der Waals surface area (Å²) in [6.07, 6.45) is 3.79. The second-order valence-electron chi connectivity index (χ2n) is 8.39. The van der Waals surface area contributed by atoms with E-state index in [4.69, 9.17) is 19.7 Å². The summed E-state index contributed by atoms with van der Waals surface area (Å²) >= 11 is 0. The zero-order chi connectivity index (χ0) is 23.7. The molecule has 34 heavy (non-hydrogen) atoms. The van der Waals surface area contributed by atoms with Gasteiger partial charge in [0.1, 0.15) is 22.5 Å². The van der Waals surface area contributed by atoms with Gasteiger partial charge in [-0.25, -0.2) is 15.0 Å². The normalized spacial score (nSPS) is 11.6. The van der Waals surface area contributed by atoms with E-state index in [9.17, 15) is 4.79 Å².